The van der Waals surface area contributed by atoms with Crippen molar-refractivity contribution < 1.29 is 15.0 Å². The number of benzene rings is 1. The maximum Gasteiger partial charge on any atom is 0.299 e. The van der Waals surface area contributed by atoms with Crippen molar-refractivity contribution >= 4 is 17.1 Å². The second-order valence-corrected chi connectivity index (χ2v) is 6.35. The highest BCUT2D eigenvalue weighted by molar-refractivity contribution is 5.67. The molecule has 2 aromatic rings. The third-order valence-electron chi connectivity index (χ3n) is 4.82. The number of piperidine rings is 1. The molecule has 1 aliphatic heterocycles. The topological polar surface area (TPSA) is 128 Å². The summed E-state index contributed by atoms with van der Waals surface area (Å²) in [7, 11) is 1.82. The molecule has 0 spiro atoms. The first-order valence-corrected chi connectivity index (χ1v) is 8.21. The molecule has 1 unspecified atom stereocenters. The Kier molecular flexibility index (Phi) is 4.85. The number of nitrogens with zero attached hydrogens (tertiary/aromatic N) is 5. The van der Waals surface area contributed by atoms with Crippen molar-refractivity contribution in [2.45, 2.75) is 18.9 Å². The number of nitro groups is 2. The number of hydrogen-bond donors (Lipinski definition) is 1. The lowest BCUT2D eigenvalue weighted by molar-refractivity contribution is -0.393. The predicted molar refractivity (Wildman–Crippen MR) is 92.9 cm³/mol. The van der Waals surface area contributed by atoms with E-state index < -0.39 is 16.0 Å². The number of nitro benzene ring substituents is 2. The average molecular weight is 361 g/mol. The van der Waals surface area contributed by atoms with Gasteiger partial charge in [-0.1, -0.05) is 0 Å². The van der Waals surface area contributed by atoms with Gasteiger partial charge in [0.15, 0.2) is 0 Å². The van der Waals surface area contributed by atoms with Gasteiger partial charge in [-0.2, -0.15) is 0 Å². The Balaban J connectivity index is 1.75. The normalized spacial score (nSPS) is 16.5. The highest BCUT2D eigenvalue weighted by atomic mass is 16.6. The van der Waals surface area contributed by atoms with Gasteiger partial charge in [0, 0.05) is 38.6 Å². The van der Waals surface area contributed by atoms with Crippen LogP contribution in [0.5, 0.6) is 0 Å². The number of anilines is 1. The molecule has 0 saturated carbocycles. The van der Waals surface area contributed by atoms with Crippen LogP contribution >= 0.6 is 0 Å². The number of aryl methyl sites for hydroxylation is 1. The van der Waals surface area contributed by atoms with Crippen molar-refractivity contribution in [1.82, 2.24) is 9.55 Å². The van der Waals surface area contributed by atoms with E-state index in [1.54, 1.807) is 17.0 Å². The van der Waals surface area contributed by atoms with Crippen molar-refractivity contribution in [2.24, 2.45) is 13.0 Å². The molecule has 1 saturated heterocycles. The first-order valence-electron chi connectivity index (χ1n) is 8.21. The van der Waals surface area contributed by atoms with E-state index in [0.29, 0.717) is 37.4 Å². The quantitative estimate of drug-likeness (QED) is 0.638. The fraction of sp³-hybridized carbons (Fsp3) is 0.438. The van der Waals surface area contributed by atoms with E-state index in [2.05, 4.69) is 4.98 Å². The second kappa shape index (κ2) is 7.08. The van der Waals surface area contributed by atoms with Crippen LogP contribution in [-0.2, 0) is 7.05 Å². The molecule has 1 atom stereocenters. The van der Waals surface area contributed by atoms with Gasteiger partial charge in [-0.25, -0.2) is 4.98 Å². The largest absolute Gasteiger partial charge is 0.385 e. The number of aliphatic hydroxyl groups excluding tert-OH is 1. The molecule has 10 heteroatoms. The molecule has 2 heterocycles. The van der Waals surface area contributed by atoms with Gasteiger partial charge in [0.2, 0.25) is 0 Å². The van der Waals surface area contributed by atoms with Crippen molar-refractivity contribution in [3.63, 3.8) is 0 Å². The van der Waals surface area contributed by atoms with Crippen LogP contribution in [0, 0.1) is 26.1 Å². The molecule has 1 aliphatic rings. The molecule has 26 heavy (non-hydrogen) atoms. The van der Waals surface area contributed by atoms with Crippen molar-refractivity contribution in [3.05, 3.63) is 56.6 Å². The minimum absolute atomic E-state index is 0.00412. The van der Waals surface area contributed by atoms with Gasteiger partial charge in [0.1, 0.15) is 17.6 Å². The molecule has 0 aliphatic carbocycles. The van der Waals surface area contributed by atoms with E-state index in [4.69, 9.17) is 0 Å². The van der Waals surface area contributed by atoms with Gasteiger partial charge in [-0.3, -0.25) is 20.2 Å². The minimum Gasteiger partial charge on any atom is -0.385 e. The Morgan fingerprint density at radius 2 is 1.92 bits per heavy atom. The maximum absolute atomic E-state index is 11.3. The summed E-state index contributed by atoms with van der Waals surface area (Å²) in [5, 5.41) is 32.7. The van der Waals surface area contributed by atoms with E-state index in [9.17, 15) is 25.3 Å². The van der Waals surface area contributed by atoms with Crippen LogP contribution in [-0.4, -0.2) is 37.6 Å². The molecule has 1 aromatic heterocycles. The zero-order chi connectivity index (χ0) is 18.8. The Labute approximate surface area is 149 Å². The highest BCUT2D eigenvalue weighted by Gasteiger charge is 2.31. The molecular weight excluding hydrogens is 342 g/mol. The van der Waals surface area contributed by atoms with Crippen LogP contribution in [0.15, 0.2) is 30.6 Å². The molecular formula is C16H19N5O5. The lowest BCUT2D eigenvalue weighted by atomic mass is 9.90. The molecule has 1 N–H and O–H groups in total. The molecule has 138 valence electrons. The Morgan fingerprint density at radius 3 is 2.46 bits per heavy atom. The first-order chi connectivity index (χ1) is 12.4. The van der Waals surface area contributed by atoms with Crippen LogP contribution < -0.4 is 4.90 Å². The number of non-ortho nitro benzene ring substituents is 1. The van der Waals surface area contributed by atoms with Gasteiger partial charge in [-0.15, -0.1) is 0 Å². The fourth-order valence-corrected chi connectivity index (χ4v) is 3.37. The van der Waals surface area contributed by atoms with Gasteiger partial charge < -0.3 is 14.6 Å². The predicted octanol–water partition coefficient (Wildman–Crippen LogP) is 2.19. The van der Waals surface area contributed by atoms with Crippen LogP contribution in [0.1, 0.15) is 24.8 Å². The van der Waals surface area contributed by atoms with E-state index in [0.717, 1.165) is 6.07 Å². The highest BCUT2D eigenvalue weighted by Crippen LogP contribution is 2.36. The zero-order valence-corrected chi connectivity index (χ0v) is 14.2. The Morgan fingerprint density at radius 1 is 1.23 bits per heavy atom. The maximum atomic E-state index is 11.3. The molecule has 3 rings (SSSR count). The number of imidazole rings is 1. The summed E-state index contributed by atoms with van der Waals surface area (Å²) in [6.07, 6.45) is 4.00. The summed E-state index contributed by atoms with van der Waals surface area (Å²) in [5.74, 6) is 0.606. The van der Waals surface area contributed by atoms with Crippen LogP contribution in [0.4, 0.5) is 17.1 Å². The summed E-state index contributed by atoms with van der Waals surface area (Å²) in [4.78, 5) is 26.9. The number of aromatic nitrogens is 2. The van der Waals surface area contributed by atoms with E-state index in [1.807, 2.05) is 11.9 Å². The van der Waals surface area contributed by atoms with Gasteiger partial charge in [-0.05, 0) is 24.8 Å². The molecule has 1 fully saturated rings. The van der Waals surface area contributed by atoms with Crippen LogP contribution in [0.3, 0.4) is 0 Å². The Hall–Kier alpha value is -3.01. The summed E-state index contributed by atoms with van der Waals surface area (Å²) < 4.78 is 1.78. The van der Waals surface area contributed by atoms with E-state index in [-0.39, 0.29) is 17.3 Å². The third-order valence-corrected chi connectivity index (χ3v) is 4.82. The zero-order valence-electron chi connectivity index (χ0n) is 14.2. The summed E-state index contributed by atoms with van der Waals surface area (Å²) in [6, 6.07) is 3.69. The fourth-order valence-electron chi connectivity index (χ4n) is 3.37. The molecule has 0 radical (unpaired) electrons. The molecule has 0 amide bonds. The van der Waals surface area contributed by atoms with Gasteiger partial charge in [0.05, 0.1) is 15.9 Å². The standard InChI is InChI=1S/C16H19N5O5/c1-18-9-6-17-16(18)15(22)11-4-7-19(8-5-11)13-3-2-12(20(23)24)10-14(13)21(25)26/h2-3,6,9-11,15,22H,4-5,7-8H2,1H3. The number of aliphatic hydroxyl groups is 1. The molecule has 10 nitrogen and oxygen atoms in total. The van der Waals surface area contributed by atoms with Crippen molar-refractivity contribution in [1.29, 1.82) is 0 Å². The Bertz CT molecular complexity index is 828. The van der Waals surface area contributed by atoms with Gasteiger partial charge in [0.25, 0.3) is 11.4 Å². The summed E-state index contributed by atoms with van der Waals surface area (Å²) in [6.45, 7) is 1.04. The number of hydrogen-bond acceptors (Lipinski definition) is 7. The average Bonchev–Trinajstić information content (AvgIpc) is 3.06. The van der Waals surface area contributed by atoms with Crippen molar-refractivity contribution in [2.75, 3.05) is 18.0 Å². The molecule has 0 bridgehead atoms. The van der Waals surface area contributed by atoms with Gasteiger partial charge >= 0.3 is 0 Å². The SMILES string of the molecule is Cn1ccnc1C(O)C1CCN(c2ccc([N+](=O)[O-])cc2[N+](=O)[O-])CC1. The first kappa shape index (κ1) is 17.8. The van der Waals surface area contributed by atoms with Crippen LogP contribution in [0.25, 0.3) is 0 Å². The monoisotopic (exact) mass is 361 g/mol. The van der Waals surface area contributed by atoms with Crippen LogP contribution in [0.2, 0.25) is 0 Å². The number of rotatable bonds is 5. The lowest BCUT2D eigenvalue weighted by Crippen LogP contribution is -2.36. The molecule has 1 aromatic carbocycles. The second-order valence-electron chi connectivity index (χ2n) is 6.35. The van der Waals surface area contributed by atoms with Crippen molar-refractivity contribution in [3.8, 4) is 0 Å². The summed E-state index contributed by atoms with van der Waals surface area (Å²) >= 11 is 0. The summed E-state index contributed by atoms with van der Waals surface area (Å²) in [5.41, 5.74) is -0.214. The smallest absolute Gasteiger partial charge is 0.299 e. The lowest BCUT2D eigenvalue weighted by Gasteiger charge is -2.35. The van der Waals surface area contributed by atoms with E-state index in [1.165, 1.54) is 12.1 Å². The van der Waals surface area contributed by atoms with E-state index >= 15 is 0 Å². The third kappa shape index (κ3) is 3.36. The minimum atomic E-state index is -0.691.